The predicted octanol–water partition coefficient (Wildman–Crippen LogP) is 0.477. The van der Waals surface area contributed by atoms with Crippen molar-refractivity contribution in [2.45, 2.75) is 38.7 Å². The van der Waals surface area contributed by atoms with Crippen LogP contribution in [0.15, 0.2) is 0 Å². The van der Waals surface area contributed by atoms with Crippen molar-refractivity contribution in [3.8, 4) is 0 Å². The Hall–Kier alpha value is -0.130. The minimum Gasteiger partial charge on any atom is -0.393 e. The van der Waals surface area contributed by atoms with Crippen LogP contribution in [0.5, 0.6) is 0 Å². The summed E-state index contributed by atoms with van der Waals surface area (Å²) in [5.41, 5.74) is 0. The fourth-order valence-corrected chi connectivity index (χ4v) is 2.99. The van der Waals surface area contributed by atoms with Gasteiger partial charge in [-0.2, -0.15) is 0 Å². The molecule has 1 aliphatic rings. The van der Waals surface area contributed by atoms with E-state index in [4.69, 9.17) is 0 Å². The molecule has 84 valence electrons. The summed E-state index contributed by atoms with van der Waals surface area (Å²) in [5.74, 6) is 0.513. The molecular formula is C9H19NO3S. The van der Waals surface area contributed by atoms with Gasteiger partial charge in [0.05, 0.1) is 11.9 Å². The van der Waals surface area contributed by atoms with Crippen molar-refractivity contribution in [1.82, 2.24) is 4.72 Å². The Bertz CT molecular complexity index is 263. The normalized spacial score (nSPS) is 28.1. The highest BCUT2D eigenvalue weighted by atomic mass is 32.2. The summed E-state index contributed by atoms with van der Waals surface area (Å²) in [6.45, 7) is 2.33. The van der Waals surface area contributed by atoms with E-state index in [1.165, 1.54) is 0 Å². The lowest BCUT2D eigenvalue weighted by Gasteiger charge is -2.10. The number of rotatable bonds is 5. The molecule has 0 heterocycles. The van der Waals surface area contributed by atoms with Gasteiger partial charge in [-0.15, -0.1) is 0 Å². The first-order valence-electron chi connectivity index (χ1n) is 5.19. The molecule has 2 atom stereocenters. The minimum absolute atomic E-state index is 0.197. The van der Waals surface area contributed by atoms with Crippen LogP contribution in [0, 0.1) is 5.92 Å². The van der Waals surface area contributed by atoms with Crippen LogP contribution in [0.25, 0.3) is 0 Å². The van der Waals surface area contributed by atoms with Gasteiger partial charge in [0.25, 0.3) is 0 Å². The highest BCUT2D eigenvalue weighted by molar-refractivity contribution is 7.89. The Morgan fingerprint density at radius 3 is 2.64 bits per heavy atom. The average molecular weight is 221 g/mol. The van der Waals surface area contributed by atoms with Gasteiger partial charge < -0.3 is 5.11 Å². The second-order valence-electron chi connectivity index (χ2n) is 4.00. The lowest BCUT2D eigenvalue weighted by molar-refractivity contribution is 0.178. The van der Waals surface area contributed by atoms with Gasteiger partial charge in [-0.25, -0.2) is 13.1 Å². The minimum atomic E-state index is -3.07. The van der Waals surface area contributed by atoms with Gasteiger partial charge in [0.15, 0.2) is 0 Å². The molecule has 1 aliphatic carbocycles. The van der Waals surface area contributed by atoms with E-state index >= 15 is 0 Å². The van der Waals surface area contributed by atoms with Crippen molar-refractivity contribution in [2.24, 2.45) is 5.92 Å². The molecule has 0 radical (unpaired) electrons. The van der Waals surface area contributed by atoms with Crippen LogP contribution in [0.4, 0.5) is 0 Å². The lowest BCUT2D eigenvalue weighted by Crippen LogP contribution is -2.30. The van der Waals surface area contributed by atoms with E-state index in [0.717, 1.165) is 19.3 Å². The second kappa shape index (κ2) is 5.09. The largest absolute Gasteiger partial charge is 0.393 e. The number of aliphatic hydroxyl groups is 1. The Morgan fingerprint density at radius 1 is 1.43 bits per heavy atom. The molecule has 0 aromatic heterocycles. The molecule has 2 N–H and O–H groups in total. The standard InChI is InChI=1S/C9H19NO3S/c1-2-5-14(12,13)10-7-8-3-4-9(11)6-8/h8-11H,2-7H2,1H3. The van der Waals surface area contributed by atoms with E-state index in [1.807, 2.05) is 6.92 Å². The molecule has 4 nitrogen and oxygen atoms in total. The number of aliphatic hydroxyl groups excluding tert-OH is 1. The average Bonchev–Trinajstić information content (AvgIpc) is 2.48. The van der Waals surface area contributed by atoms with Crippen LogP contribution in [-0.4, -0.2) is 31.9 Å². The molecule has 0 bridgehead atoms. The Kier molecular flexibility index (Phi) is 4.34. The molecule has 2 unspecified atom stereocenters. The third-order valence-corrected chi connectivity index (χ3v) is 4.13. The van der Waals surface area contributed by atoms with Crippen molar-refractivity contribution < 1.29 is 13.5 Å². The van der Waals surface area contributed by atoms with Crippen LogP contribution in [-0.2, 0) is 10.0 Å². The molecule has 0 saturated heterocycles. The summed E-state index contributed by atoms with van der Waals surface area (Å²) in [6, 6.07) is 0. The fraction of sp³-hybridized carbons (Fsp3) is 1.00. The molecule has 0 amide bonds. The zero-order valence-corrected chi connectivity index (χ0v) is 9.39. The Balaban J connectivity index is 2.26. The van der Waals surface area contributed by atoms with Gasteiger partial charge in [-0.05, 0) is 31.6 Å². The molecule has 0 spiro atoms. The van der Waals surface area contributed by atoms with E-state index in [1.54, 1.807) is 0 Å². The predicted molar refractivity (Wildman–Crippen MR) is 55.4 cm³/mol. The fourth-order valence-electron chi connectivity index (χ4n) is 1.82. The summed E-state index contributed by atoms with van der Waals surface area (Å²) < 4.78 is 25.2. The highest BCUT2D eigenvalue weighted by Crippen LogP contribution is 2.24. The van der Waals surface area contributed by atoms with Gasteiger partial charge in [0.1, 0.15) is 0 Å². The number of sulfonamides is 1. The van der Waals surface area contributed by atoms with Crippen LogP contribution in [0.2, 0.25) is 0 Å². The highest BCUT2D eigenvalue weighted by Gasteiger charge is 2.23. The van der Waals surface area contributed by atoms with E-state index in [2.05, 4.69) is 4.72 Å². The van der Waals surface area contributed by atoms with Gasteiger partial charge in [-0.1, -0.05) is 6.92 Å². The second-order valence-corrected chi connectivity index (χ2v) is 5.93. The first-order chi connectivity index (χ1) is 6.53. The van der Waals surface area contributed by atoms with Crippen molar-refractivity contribution in [3.05, 3.63) is 0 Å². The van der Waals surface area contributed by atoms with E-state index in [-0.39, 0.29) is 11.9 Å². The summed E-state index contributed by atoms with van der Waals surface area (Å²) >= 11 is 0. The van der Waals surface area contributed by atoms with Gasteiger partial charge in [-0.3, -0.25) is 0 Å². The summed E-state index contributed by atoms with van der Waals surface area (Å²) in [4.78, 5) is 0. The van der Waals surface area contributed by atoms with Crippen LogP contribution >= 0.6 is 0 Å². The maximum atomic E-state index is 11.3. The third kappa shape index (κ3) is 3.94. The van der Waals surface area contributed by atoms with Crippen molar-refractivity contribution in [1.29, 1.82) is 0 Å². The maximum absolute atomic E-state index is 11.3. The maximum Gasteiger partial charge on any atom is 0.211 e. The molecule has 1 rings (SSSR count). The number of hydrogen-bond donors (Lipinski definition) is 2. The zero-order valence-electron chi connectivity index (χ0n) is 8.57. The van der Waals surface area contributed by atoms with Crippen molar-refractivity contribution in [2.75, 3.05) is 12.3 Å². The smallest absolute Gasteiger partial charge is 0.211 e. The SMILES string of the molecule is CCCS(=O)(=O)NCC1CCC(O)C1. The summed E-state index contributed by atoms with van der Waals surface area (Å²) in [7, 11) is -3.07. The number of hydrogen-bond acceptors (Lipinski definition) is 3. The van der Waals surface area contributed by atoms with Gasteiger partial charge in [0, 0.05) is 6.54 Å². The van der Waals surface area contributed by atoms with Crippen molar-refractivity contribution >= 4 is 10.0 Å². The van der Waals surface area contributed by atoms with Crippen LogP contribution in [0.1, 0.15) is 32.6 Å². The first kappa shape index (κ1) is 11.9. The van der Waals surface area contributed by atoms with E-state index in [9.17, 15) is 13.5 Å². The van der Waals surface area contributed by atoms with E-state index < -0.39 is 10.0 Å². The zero-order chi connectivity index (χ0) is 10.6. The van der Waals surface area contributed by atoms with E-state index in [0.29, 0.717) is 18.9 Å². The molecule has 0 aromatic rings. The summed E-state index contributed by atoms with van der Waals surface area (Å²) in [6.07, 6.45) is 2.88. The third-order valence-electron chi connectivity index (χ3n) is 2.58. The Morgan fingerprint density at radius 2 is 2.14 bits per heavy atom. The topological polar surface area (TPSA) is 66.4 Å². The molecular weight excluding hydrogens is 202 g/mol. The Labute approximate surface area is 85.8 Å². The first-order valence-corrected chi connectivity index (χ1v) is 6.84. The number of nitrogens with one attached hydrogen (secondary N) is 1. The van der Waals surface area contributed by atoms with Crippen molar-refractivity contribution in [3.63, 3.8) is 0 Å². The molecule has 5 heteroatoms. The van der Waals surface area contributed by atoms with Gasteiger partial charge in [0.2, 0.25) is 10.0 Å². The molecule has 1 saturated carbocycles. The molecule has 14 heavy (non-hydrogen) atoms. The van der Waals surface area contributed by atoms with Crippen LogP contribution < -0.4 is 4.72 Å². The molecule has 0 aromatic carbocycles. The summed E-state index contributed by atoms with van der Waals surface area (Å²) in [5, 5.41) is 9.26. The van der Waals surface area contributed by atoms with Crippen LogP contribution in [0.3, 0.4) is 0 Å². The molecule has 0 aliphatic heterocycles. The monoisotopic (exact) mass is 221 g/mol. The van der Waals surface area contributed by atoms with Gasteiger partial charge >= 0.3 is 0 Å². The quantitative estimate of drug-likeness (QED) is 0.709. The molecule has 1 fully saturated rings. The lowest BCUT2D eigenvalue weighted by atomic mass is 10.1.